The Morgan fingerprint density at radius 3 is 2.88 bits per heavy atom. The molecule has 1 fully saturated rings. The summed E-state index contributed by atoms with van der Waals surface area (Å²) in [6.07, 6.45) is 4.15. The summed E-state index contributed by atoms with van der Waals surface area (Å²) in [6, 6.07) is 3.96. The van der Waals surface area contributed by atoms with E-state index in [1.165, 1.54) is 0 Å². The molecular formula is C17H23N3O4S. The highest BCUT2D eigenvalue weighted by Gasteiger charge is 2.38. The van der Waals surface area contributed by atoms with Gasteiger partial charge in [0, 0.05) is 18.5 Å². The summed E-state index contributed by atoms with van der Waals surface area (Å²) in [6.45, 7) is 4.54. The standard InChI is InChI=1S/C17H23N3O4S/c1-2-23-15-6-5-13-14(20-9-8-18-11-20)7-10-24-17(13)16(15)19-25(21,22)12-3-4-12/h5-6,11-12,14,19H,2-4,7-10H2,1H3. The SMILES string of the molecule is CCOc1ccc2c(c1NS(=O)(=O)C1CC1)OCCC2N1C=NCC1. The van der Waals surface area contributed by atoms with Crippen LogP contribution in [-0.2, 0) is 10.0 Å². The Labute approximate surface area is 148 Å². The van der Waals surface area contributed by atoms with E-state index < -0.39 is 10.0 Å². The third-order valence-corrected chi connectivity index (χ3v) is 6.61. The molecule has 2 heterocycles. The van der Waals surface area contributed by atoms with E-state index in [-0.39, 0.29) is 11.3 Å². The lowest BCUT2D eigenvalue weighted by molar-refractivity contribution is 0.210. The van der Waals surface area contributed by atoms with Crippen LogP contribution in [0.25, 0.3) is 0 Å². The first-order chi connectivity index (χ1) is 12.1. The number of nitrogens with one attached hydrogen (secondary N) is 1. The van der Waals surface area contributed by atoms with E-state index in [0.29, 0.717) is 43.2 Å². The molecule has 1 saturated carbocycles. The lowest BCUT2D eigenvalue weighted by Crippen LogP contribution is -2.31. The molecule has 0 saturated heterocycles. The molecule has 0 spiro atoms. The predicted octanol–water partition coefficient (Wildman–Crippen LogP) is 2.16. The monoisotopic (exact) mass is 365 g/mol. The van der Waals surface area contributed by atoms with Gasteiger partial charge in [-0.25, -0.2) is 8.42 Å². The van der Waals surface area contributed by atoms with Gasteiger partial charge in [-0.05, 0) is 31.9 Å². The number of aliphatic imine (C=N–C) groups is 1. The molecule has 25 heavy (non-hydrogen) atoms. The van der Waals surface area contributed by atoms with E-state index in [0.717, 1.165) is 25.1 Å². The van der Waals surface area contributed by atoms with Gasteiger partial charge >= 0.3 is 0 Å². The summed E-state index contributed by atoms with van der Waals surface area (Å²) in [5, 5.41) is -0.303. The molecule has 1 aromatic rings. The minimum absolute atomic E-state index is 0.148. The molecule has 0 bridgehead atoms. The first-order valence-electron chi connectivity index (χ1n) is 8.80. The third kappa shape index (κ3) is 3.15. The number of ether oxygens (including phenoxy) is 2. The maximum Gasteiger partial charge on any atom is 0.235 e. The normalized spacial score (nSPS) is 22.4. The summed E-state index contributed by atoms with van der Waals surface area (Å²) in [7, 11) is -3.40. The van der Waals surface area contributed by atoms with Crippen LogP contribution in [0, 0.1) is 0 Å². The van der Waals surface area contributed by atoms with Crippen molar-refractivity contribution in [3.8, 4) is 11.5 Å². The van der Waals surface area contributed by atoms with Gasteiger partial charge in [0.25, 0.3) is 0 Å². The molecule has 1 unspecified atom stereocenters. The van der Waals surface area contributed by atoms with Crippen LogP contribution < -0.4 is 14.2 Å². The molecule has 4 rings (SSSR count). The largest absolute Gasteiger partial charge is 0.492 e. The first-order valence-corrected chi connectivity index (χ1v) is 10.3. The van der Waals surface area contributed by atoms with E-state index in [1.807, 2.05) is 25.4 Å². The zero-order valence-electron chi connectivity index (χ0n) is 14.3. The Kier molecular flexibility index (Phi) is 4.23. The number of fused-ring (bicyclic) bond motifs is 1. The number of anilines is 1. The van der Waals surface area contributed by atoms with Crippen LogP contribution in [0.4, 0.5) is 5.69 Å². The van der Waals surface area contributed by atoms with E-state index in [9.17, 15) is 8.42 Å². The summed E-state index contributed by atoms with van der Waals surface area (Å²) < 4.78 is 39.3. The van der Waals surface area contributed by atoms with Crippen molar-refractivity contribution >= 4 is 22.0 Å². The Bertz CT molecular complexity index is 789. The number of nitrogens with zero attached hydrogens (tertiary/aromatic N) is 2. The molecule has 2 aliphatic heterocycles. The van der Waals surface area contributed by atoms with Gasteiger partial charge < -0.3 is 14.4 Å². The summed E-state index contributed by atoms with van der Waals surface area (Å²) >= 11 is 0. The Morgan fingerprint density at radius 1 is 1.36 bits per heavy atom. The zero-order chi connectivity index (χ0) is 17.4. The maximum atomic E-state index is 12.5. The zero-order valence-corrected chi connectivity index (χ0v) is 15.1. The summed E-state index contributed by atoms with van der Waals surface area (Å²) in [4.78, 5) is 6.49. The third-order valence-electron chi connectivity index (χ3n) is 4.77. The fraction of sp³-hybridized carbons (Fsp3) is 0.588. The second kappa shape index (κ2) is 6.40. The molecule has 1 atom stereocenters. The molecular weight excluding hydrogens is 342 g/mol. The van der Waals surface area contributed by atoms with Gasteiger partial charge in [0.2, 0.25) is 10.0 Å². The van der Waals surface area contributed by atoms with Crippen LogP contribution in [0.5, 0.6) is 11.5 Å². The number of hydrogen-bond acceptors (Lipinski definition) is 6. The predicted molar refractivity (Wildman–Crippen MR) is 96.1 cm³/mol. The number of sulfonamides is 1. The quantitative estimate of drug-likeness (QED) is 0.836. The van der Waals surface area contributed by atoms with E-state index >= 15 is 0 Å². The van der Waals surface area contributed by atoms with Crippen LogP contribution in [-0.4, -0.2) is 51.2 Å². The molecule has 0 amide bonds. The summed E-state index contributed by atoms with van der Waals surface area (Å²) in [5.74, 6) is 1.10. The number of hydrogen-bond donors (Lipinski definition) is 1. The van der Waals surface area contributed by atoms with Gasteiger partial charge in [0.15, 0.2) is 5.75 Å². The summed E-state index contributed by atoms with van der Waals surface area (Å²) in [5.41, 5.74) is 1.42. The van der Waals surface area contributed by atoms with E-state index in [1.54, 1.807) is 0 Å². The maximum absolute atomic E-state index is 12.5. The fourth-order valence-corrected chi connectivity index (χ4v) is 4.78. The smallest absolute Gasteiger partial charge is 0.235 e. The molecule has 1 N–H and O–H groups in total. The highest BCUT2D eigenvalue weighted by atomic mass is 32.2. The van der Waals surface area contributed by atoms with Crippen molar-refractivity contribution in [2.24, 2.45) is 4.99 Å². The highest BCUT2D eigenvalue weighted by molar-refractivity contribution is 7.93. The lowest BCUT2D eigenvalue weighted by atomic mass is 9.98. The van der Waals surface area contributed by atoms with E-state index in [2.05, 4.69) is 14.6 Å². The average molecular weight is 365 g/mol. The highest BCUT2D eigenvalue weighted by Crippen LogP contribution is 2.46. The van der Waals surface area contributed by atoms with Crippen LogP contribution in [0.15, 0.2) is 17.1 Å². The van der Waals surface area contributed by atoms with Crippen molar-refractivity contribution in [1.82, 2.24) is 4.90 Å². The van der Waals surface area contributed by atoms with Crippen LogP contribution in [0.1, 0.15) is 37.8 Å². The van der Waals surface area contributed by atoms with Gasteiger partial charge in [-0.1, -0.05) is 0 Å². The second-order valence-electron chi connectivity index (χ2n) is 6.55. The molecule has 8 heteroatoms. The topological polar surface area (TPSA) is 80.2 Å². The van der Waals surface area contributed by atoms with Crippen molar-refractivity contribution in [2.75, 3.05) is 31.0 Å². The van der Waals surface area contributed by atoms with Gasteiger partial charge in [0.1, 0.15) is 11.4 Å². The van der Waals surface area contributed by atoms with Crippen molar-refractivity contribution in [1.29, 1.82) is 0 Å². The van der Waals surface area contributed by atoms with Crippen molar-refractivity contribution < 1.29 is 17.9 Å². The van der Waals surface area contributed by atoms with Crippen LogP contribution in [0.2, 0.25) is 0 Å². The molecule has 7 nitrogen and oxygen atoms in total. The van der Waals surface area contributed by atoms with Gasteiger partial charge in [0.05, 0.1) is 37.4 Å². The minimum Gasteiger partial charge on any atom is -0.492 e. The minimum atomic E-state index is -3.40. The fourth-order valence-electron chi connectivity index (χ4n) is 3.38. The molecule has 0 aromatic heterocycles. The van der Waals surface area contributed by atoms with E-state index in [4.69, 9.17) is 9.47 Å². The number of benzene rings is 1. The van der Waals surface area contributed by atoms with Crippen molar-refractivity contribution in [2.45, 2.75) is 37.5 Å². The van der Waals surface area contributed by atoms with Crippen LogP contribution in [0.3, 0.4) is 0 Å². The van der Waals surface area contributed by atoms with Gasteiger partial charge in [-0.2, -0.15) is 0 Å². The molecule has 1 aromatic carbocycles. The lowest BCUT2D eigenvalue weighted by Gasteiger charge is -2.33. The first kappa shape index (κ1) is 16.5. The van der Waals surface area contributed by atoms with Gasteiger partial charge in [-0.15, -0.1) is 0 Å². The van der Waals surface area contributed by atoms with Crippen molar-refractivity contribution in [3.63, 3.8) is 0 Å². The molecule has 0 radical (unpaired) electrons. The Balaban J connectivity index is 1.74. The van der Waals surface area contributed by atoms with Crippen molar-refractivity contribution in [3.05, 3.63) is 17.7 Å². The molecule has 3 aliphatic rings. The molecule has 1 aliphatic carbocycles. The van der Waals surface area contributed by atoms with Gasteiger partial charge in [-0.3, -0.25) is 9.71 Å². The number of rotatable bonds is 6. The Hall–Kier alpha value is -1.96. The molecule has 136 valence electrons. The Morgan fingerprint density at radius 2 is 2.20 bits per heavy atom. The second-order valence-corrected chi connectivity index (χ2v) is 8.51. The average Bonchev–Trinajstić information content (AvgIpc) is 3.33. The van der Waals surface area contributed by atoms with Crippen LogP contribution >= 0.6 is 0 Å².